The molecule has 1 N–H and O–H groups in total. The number of aliphatic hydroxyl groups excluding tert-OH is 1. The van der Waals surface area contributed by atoms with Gasteiger partial charge in [-0.25, -0.2) is 4.98 Å². The molecule has 3 nitrogen and oxygen atoms in total. The highest BCUT2D eigenvalue weighted by molar-refractivity contribution is 9.09. The summed E-state index contributed by atoms with van der Waals surface area (Å²) < 4.78 is 1.94. The topological polar surface area (TPSA) is 38.0 Å². The fourth-order valence-corrected chi connectivity index (χ4v) is 2.10. The van der Waals surface area contributed by atoms with Gasteiger partial charge in [0.25, 0.3) is 0 Å². The normalized spacial score (nSPS) is 13.2. The number of aromatic nitrogens is 2. The van der Waals surface area contributed by atoms with Crippen molar-refractivity contribution in [1.29, 1.82) is 0 Å². The highest BCUT2D eigenvalue weighted by atomic mass is 79.9. The van der Waals surface area contributed by atoms with Gasteiger partial charge in [0.2, 0.25) is 0 Å². The van der Waals surface area contributed by atoms with Crippen molar-refractivity contribution in [2.75, 3.05) is 11.1 Å². The van der Waals surface area contributed by atoms with Gasteiger partial charge in [0.05, 0.1) is 6.10 Å². The minimum absolute atomic E-state index is 0.299. The maximum Gasteiger partial charge on any atom is 0.167 e. The van der Waals surface area contributed by atoms with E-state index in [0.717, 1.165) is 5.16 Å². The first-order valence-electron chi connectivity index (χ1n) is 3.58. The van der Waals surface area contributed by atoms with Crippen molar-refractivity contribution in [3.8, 4) is 0 Å². The van der Waals surface area contributed by atoms with Gasteiger partial charge < -0.3 is 9.67 Å². The zero-order valence-electron chi connectivity index (χ0n) is 6.77. The van der Waals surface area contributed by atoms with Gasteiger partial charge in [0.15, 0.2) is 5.16 Å². The fraction of sp³-hybridized carbons (Fsp3) is 0.571. The highest BCUT2D eigenvalue weighted by Crippen LogP contribution is 2.15. The molecule has 0 saturated carbocycles. The monoisotopic (exact) mass is 250 g/mol. The molecular weight excluding hydrogens is 240 g/mol. The molecule has 0 spiro atoms. The Labute approximate surface area is 84.3 Å². The maximum atomic E-state index is 9.24. The second kappa shape index (κ2) is 4.89. The molecular formula is C7H11BrN2OS. The number of thioether (sulfide) groups is 1. The lowest BCUT2D eigenvalue weighted by Crippen LogP contribution is -2.11. The van der Waals surface area contributed by atoms with Crippen LogP contribution in [0.5, 0.6) is 0 Å². The summed E-state index contributed by atoms with van der Waals surface area (Å²) in [5, 5.41) is 10.8. The predicted molar refractivity (Wildman–Crippen MR) is 53.7 cm³/mol. The van der Waals surface area contributed by atoms with Crippen LogP contribution in [0.4, 0.5) is 0 Å². The molecule has 5 heteroatoms. The maximum absolute atomic E-state index is 9.24. The number of hydrogen-bond acceptors (Lipinski definition) is 3. The Morgan fingerprint density at radius 1 is 1.83 bits per heavy atom. The first-order valence-corrected chi connectivity index (χ1v) is 5.69. The van der Waals surface area contributed by atoms with Gasteiger partial charge in [-0.3, -0.25) is 0 Å². The summed E-state index contributed by atoms with van der Waals surface area (Å²) in [5.74, 6) is 0.677. The zero-order chi connectivity index (χ0) is 8.97. The van der Waals surface area contributed by atoms with E-state index in [9.17, 15) is 5.11 Å². The SMILES string of the molecule is Cn1ccnc1SCC(O)CBr. The first-order chi connectivity index (χ1) is 5.74. The third-order valence-corrected chi connectivity index (χ3v) is 3.31. The van der Waals surface area contributed by atoms with Gasteiger partial charge in [0, 0.05) is 30.5 Å². The minimum atomic E-state index is -0.299. The van der Waals surface area contributed by atoms with Crippen LogP contribution in [0.25, 0.3) is 0 Å². The molecule has 1 atom stereocenters. The molecule has 0 amide bonds. The van der Waals surface area contributed by atoms with Crippen molar-refractivity contribution in [1.82, 2.24) is 9.55 Å². The molecule has 0 fully saturated rings. The van der Waals surface area contributed by atoms with Crippen molar-refractivity contribution < 1.29 is 5.11 Å². The number of aliphatic hydroxyl groups is 1. The molecule has 0 saturated heterocycles. The van der Waals surface area contributed by atoms with Crippen LogP contribution in [0.1, 0.15) is 0 Å². The summed E-state index contributed by atoms with van der Waals surface area (Å²) in [6, 6.07) is 0. The highest BCUT2D eigenvalue weighted by Gasteiger charge is 2.05. The van der Waals surface area contributed by atoms with Crippen LogP contribution in [0.2, 0.25) is 0 Å². The van der Waals surface area contributed by atoms with Crippen LogP contribution in [0.15, 0.2) is 17.6 Å². The van der Waals surface area contributed by atoms with Gasteiger partial charge in [-0.05, 0) is 0 Å². The predicted octanol–water partition coefficient (Wildman–Crippen LogP) is 1.27. The minimum Gasteiger partial charge on any atom is -0.391 e. The van der Waals surface area contributed by atoms with Crippen molar-refractivity contribution in [3.05, 3.63) is 12.4 Å². The van der Waals surface area contributed by atoms with E-state index in [-0.39, 0.29) is 6.10 Å². The van der Waals surface area contributed by atoms with E-state index in [1.807, 2.05) is 17.8 Å². The van der Waals surface area contributed by atoms with Crippen molar-refractivity contribution in [2.24, 2.45) is 7.05 Å². The molecule has 0 aliphatic heterocycles. The Balaban J connectivity index is 2.38. The van der Waals surface area contributed by atoms with Crippen molar-refractivity contribution in [2.45, 2.75) is 11.3 Å². The van der Waals surface area contributed by atoms with Crippen molar-refractivity contribution >= 4 is 27.7 Å². The fourth-order valence-electron chi connectivity index (χ4n) is 0.706. The number of aryl methyl sites for hydroxylation is 1. The molecule has 68 valence electrons. The van der Waals surface area contributed by atoms with Crippen LogP contribution < -0.4 is 0 Å². The van der Waals surface area contributed by atoms with Gasteiger partial charge in [-0.1, -0.05) is 27.7 Å². The molecule has 0 aromatic carbocycles. The van der Waals surface area contributed by atoms with Gasteiger partial charge in [-0.2, -0.15) is 0 Å². The summed E-state index contributed by atoms with van der Waals surface area (Å²) in [6.07, 6.45) is 3.35. The quantitative estimate of drug-likeness (QED) is 0.646. The van der Waals surface area contributed by atoms with Crippen LogP contribution in [-0.4, -0.2) is 31.8 Å². The standard InChI is InChI=1S/C7H11BrN2OS/c1-10-3-2-9-7(10)12-5-6(11)4-8/h2-3,6,11H,4-5H2,1H3. The number of hydrogen-bond donors (Lipinski definition) is 1. The number of nitrogens with zero attached hydrogens (tertiary/aromatic N) is 2. The molecule has 0 radical (unpaired) electrons. The van der Waals surface area contributed by atoms with Crippen LogP contribution in [0, 0.1) is 0 Å². The van der Waals surface area contributed by atoms with Gasteiger partial charge in [0.1, 0.15) is 0 Å². The third kappa shape index (κ3) is 2.80. The Kier molecular flexibility index (Phi) is 4.11. The molecule has 1 heterocycles. The smallest absolute Gasteiger partial charge is 0.167 e. The van der Waals surface area contributed by atoms with Crippen LogP contribution >= 0.6 is 27.7 Å². The average Bonchev–Trinajstić information content (AvgIpc) is 2.47. The Bertz CT molecular complexity index is 241. The number of alkyl halides is 1. The molecule has 1 aromatic heterocycles. The van der Waals surface area contributed by atoms with E-state index in [4.69, 9.17) is 0 Å². The number of rotatable bonds is 4. The first kappa shape index (κ1) is 10.1. The van der Waals surface area contributed by atoms with E-state index < -0.39 is 0 Å². The van der Waals surface area contributed by atoms with Gasteiger partial charge >= 0.3 is 0 Å². The van der Waals surface area contributed by atoms with E-state index in [1.54, 1.807) is 18.0 Å². The second-order valence-electron chi connectivity index (χ2n) is 2.44. The number of imidazole rings is 1. The van der Waals surface area contributed by atoms with Gasteiger partial charge in [-0.15, -0.1) is 0 Å². The van der Waals surface area contributed by atoms with Crippen LogP contribution in [-0.2, 0) is 7.05 Å². The summed E-state index contributed by atoms with van der Waals surface area (Å²) in [7, 11) is 1.94. The molecule has 0 aliphatic rings. The summed E-state index contributed by atoms with van der Waals surface area (Å²) >= 11 is 4.77. The number of halogens is 1. The Morgan fingerprint density at radius 2 is 2.58 bits per heavy atom. The lowest BCUT2D eigenvalue weighted by Gasteiger charge is -2.05. The largest absolute Gasteiger partial charge is 0.391 e. The lowest BCUT2D eigenvalue weighted by molar-refractivity contribution is 0.226. The Hall–Kier alpha value is -0.0000000000000000555. The summed E-state index contributed by atoms with van der Waals surface area (Å²) in [4.78, 5) is 4.12. The average molecular weight is 251 g/mol. The van der Waals surface area contributed by atoms with E-state index in [0.29, 0.717) is 11.1 Å². The molecule has 1 aromatic rings. The molecule has 0 bridgehead atoms. The summed E-state index contributed by atoms with van der Waals surface area (Å²) in [6.45, 7) is 0. The zero-order valence-corrected chi connectivity index (χ0v) is 9.18. The molecule has 0 aliphatic carbocycles. The second-order valence-corrected chi connectivity index (χ2v) is 4.07. The van der Waals surface area contributed by atoms with E-state index >= 15 is 0 Å². The van der Waals surface area contributed by atoms with E-state index in [1.165, 1.54) is 0 Å². The molecule has 1 unspecified atom stereocenters. The van der Waals surface area contributed by atoms with Crippen LogP contribution in [0.3, 0.4) is 0 Å². The third-order valence-electron chi connectivity index (χ3n) is 1.36. The van der Waals surface area contributed by atoms with E-state index in [2.05, 4.69) is 20.9 Å². The summed E-state index contributed by atoms with van der Waals surface area (Å²) in [5.41, 5.74) is 0. The molecule has 12 heavy (non-hydrogen) atoms. The Morgan fingerprint density at radius 3 is 3.08 bits per heavy atom. The molecule has 1 rings (SSSR count). The lowest BCUT2D eigenvalue weighted by atomic mass is 10.5. The van der Waals surface area contributed by atoms with Crippen molar-refractivity contribution in [3.63, 3.8) is 0 Å².